The molecule has 21 heavy (non-hydrogen) atoms. The Hall–Kier alpha value is -2.59. The summed E-state index contributed by atoms with van der Waals surface area (Å²) >= 11 is 5.88. The maximum absolute atomic E-state index is 12.3. The number of hydrogen-bond donors (Lipinski definition) is 0. The van der Waals surface area contributed by atoms with E-state index >= 15 is 0 Å². The van der Waals surface area contributed by atoms with Gasteiger partial charge in [-0.15, -0.1) is 0 Å². The molecule has 0 radical (unpaired) electrons. The average molecular weight is 300 g/mol. The second kappa shape index (κ2) is 5.42. The number of hydrogen-bond acceptors (Lipinski definition) is 3. The lowest BCUT2D eigenvalue weighted by molar-refractivity contribution is -0.354. The van der Waals surface area contributed by atoms with Gasteiger partial charge in [-0.3, -0.25) is 4.79 Å². The lowest BCUT2D eigenvalue weighted by Gasteiger charge is -2.02. The molecular formula is C16H10ClNO3. The van der Waals surface area contributed by atoms with E-state index in [1.54, 1.807) is 36.4 Å². The molecule has 0 spiro atoms. The van der Waals surface area contributed by atoms with Crippen molar-refractivity contribution >= 4 is 34.5 Å². The van der Waals surface area contributed by atoms with E-state index in [0.29, 0.717) is 26.4 Å². The Morgan fingerprint density at radius 2 is 1.90 bits per heavy atom. The Balaban J connectivity index is 2.13. The first kappa shape index (κ1) is 13.4. The van der Waals surface area contributed by atoms with Gasteiger partial charge >= 0.3 is 0 Å². The lowest BCUT2D eigenvalue weighted by Crippen LogP contribution is -2.11. The Morgan fingerprint density at radius 3 is 2.67 bits per heavy atom. The number of fused-ring (bicyclic) bond motifs is 1. The Bertz CT molecular complexity index is 885. The van der Waals surface area contributed by atoms with Crippen molar-refractivity contribution in [1.29, 1.82) is 0 Å². The van der Waals surface area contributed by atoms with Gasteiger partial charge in [0.2, 0.25) is 11.1 Å². The van der Waals surface area contributed by atoms with Gasteiger partial charge in [0.15, 0.2) is 6.21 Å². The highest BCUT2D eigenvalue weighted by molar-refractivity contribution is 6.31. The minimum atomic E-state index is -0.296. The highest BCUT2D eigenvalue weighted by Gasteiger charge is 2.09. The summed E-state index contributed by atoms with van der Waals surface area (Å²) in [6, 6.07) is 13.4. The molecule has 0 saturated heterocycles. The summed E-state index contributed by atoms with van der Waals surface area (Å²) in [6.45, 7) is 0. The van der Waals surface area contributed by atoms with E-state index in [9.17, 15) is 10.0 Å². The molecular weight excluding hydrogens is 290 g/mol. The van der Waals surface area contributed by atoms with Crippen LogP contribution in [0.3, 0.4) is 0 Å². The maximum atomic E-state index is 12.3. The van der Waals surface area contributed by atoms with Crippen molar-refractivity contribution in [2.75, 3.05) is 0 Å². The van der Waals surface area contributed by atoms with Crippen LogP contribution in [0.2, 0.25) is 5.02 Å². The molecule has 0 aliphatic heterocycles. The average Bonchev–Trinajstić information content (AvgIpc) is 2.51. The summed E-state index contributed by atoms with van der Waals surface area (Å²) in [7, 11) is 0. The molecule has 0 aliphatic rings. The lowest BCUT2D eigenvalue weighted by atomic mass is 10.2. The van der Waals surface area contributed by atoms with Gasteiger partial charge in [0.05, 0.1) is 5.39 Å². The van der Waals surface area contributed by atoms with Crippen molar-refractivity contribution < 1.29 is 9.16 Å². The van der Waals surface area contributed by atoms with E-state index in [1.807, 2.05) is 6.07 Å². The quantitative estimate of drug-likeness (QED) is 0.314. The Labute approximate surface area is 125 Å². The van der Waals surface area contributed by atoms with E-state index in [4.69, 9.17) is 16.0 Å². The van der Waals surface area contributed by atoms with Crippen LogP contribution in [0.15, 0.2) is 64.0 Å². The van der Waals surface area contributed by atoms with Crippen molar-refractivity contribution in [3.8, 4) is 0 Å². The van der Waals surface area contributed by atoms with Crippen LogP contribution in [0, 0.1) is 5.21 Å². The largest absolute Gasteiger partial charge is 0.618 e. The molecule has 0 fully saturated rings. The zero-order chi connectivity index (χ0) is 14.8. The monoisotopic (exact) mass is 299 g/mol. The van der Waals surface area contributed by atoms with Crippen LogP contribution in [0.1, 0.15) is 5.56 Å². The van der Waals surface area contributed by atoms with Crippen LogP contribution < -0.4 is 5.43 Å². The first-order valence-corrected chi connectivity index (χ1v) is 6.60. The van der Waals surface area contributed by atoms with E-state index in [2.05, 4.69) is 0 Å². The molecule has 0 aliphatic carbocycles. The fourth-order valence-corrected chi connectivity index (χ4v) is 2.16. The minimum absolute atomic E-state index is 0.170. The van der Waals surface area contributed by atoms with Crippen LogP contribution >= 0.6 is 11.6 Å². The third kappa shape index (κ3) is 2.66. The molecule has 4 nitrogen and oxygen atoms in total. The van der Waals surface area contributed by atoms with Gasteiger partial charge in [0.1, 0.15) is 17.4 Å². The first-order chi connectivity index (χ1) is 10.1. The van der Waals surface area contributed by atoms with Gasteiger partial charge in [-0.05, 0) is 18.2 Å². The summed E-state index contributed by atoms with van der Waals surface area (Å²) in [5, 5.41) is 12.8. The maximum Gasteiger partial charge on any atom is 0.216 e. The molecule has 0 N–H and O–H groups in total. The summed E-state index contributed by atoms with van der Waals surface area (Å²) in [4.78, 5) is 12.3. The molecule has 0 amide bonds. The smallest absolute Gasteiger partial charge is 0.216 e. The molecule has 0 bridgehead atoms. The summed E-state index contributed by atoms with van der Waals surface area (Å²) < 4.78 is 5.99. The molecule has 0 unspecified atom stereocenters. The van der Waals surface area contributed by atoms with Crippen molar-refractivity contribution in [2.45, 2.75) is 0 Å². The molecule has 0 atom stereocenters. The van der Waals surface area contributed by atoms with Crippen molar-refractivity contribution in [2.24, 2.45) is 0 Å². The number of para-hydroxylation sites is 1. The van der Waals surface area contributed by atoms with Crippen molar-refractivity contribution in [1.82, 2.24) is 0 Å². The van der Waals surface area contributed by atoms with Crippen LogP contribution in [0.4, 0.5) is 5.69 Å². The van der Waals surface area contributed by atoms with Crippen molar-refractivity contribution in [3.05, 3.63) is 80.8 Å². The fraction of sp³-hybridized carbons (Fsp3) is 0. The van der Waals surface area contributed by atoms with Crippen molar-refractivity contribution in [3.63, 3.8) is 0 Å². The minimum Gasteiger partial charge on any atom is -0.618 e. The van der Waals surface area contributed by atoms with Gasteiger partial charge in [0, 0.05) is 17.2 Å². The zero-order valence-electron chi connectivity index (χ0n) is 10.8. The molecule has 3 rings (SSSR count). The second-order valence-electron chi connectivity index (χ2n) is 4.45. The predicted molar refractivity (Wildman–Crippen MR) is 82.4 cm³/mol. The number of nitrogens with zero attached hydrogens (tertiary/aromatic N) is 1. The summed E-state index contributed by atoms with van der Waals surface area (Å²) in [5.41, 5.74) is 0.737. The van der Waals surface area contributed by atoms with E-state index < -0.39 is 0 Å². The number of benzene rings is 2. The molecule has 104 valence electrons. The normalized spacial score (nSPS) is 11.8. The molecule has 1 heterocycles. The first-order valence-electron chi connectivity index (χ1n) is 6.22. The SMILES string of the molecule is O=c1c(/C=[N+](\[O-])c2ccccc2)coc2ccc(Cl)cc12. The van der Waals surface area contributed by atoms with E-state index in [0.717, 1.165) is 0 Å². The van der Waals surface area contributed by atoms with Crippen LogP contribution in [-0.2, 0) is 0 Å². The highest BCUT2D eigenvalue weighted by Crippen LogP contribution is 2.17. The van der Waals surface area contributed by atoms with Gasteiger partial charge < -0.3 is 9.62 Å². The number of rotatable bonds is 2. The van der Waals surface area contributed by atoms with Crippen LogP contribution in [0.5, 0.6) is 0 Å². The molecule has 1 aromatic heterocycles. The molecule has 0 saturated carbocycles. The molecule has 5 heteroatoms. The van der Waals surface area contributed by atoms with Gasteiger partial charge in [-0.1, -0.05) is 29.8 Å². The standard InChI is InChI=1S/C16H10ClNO3/c17-12-6-7-15-14(8-12)16(19)11(10-21-15)9-18(20)13-4-2-1-3-5-13/h1-10H/b18-9-. The third-order valence-corrected chi connectivity index (χ3v) is 3.26. The van der Waals surface area contributed by atoms with E-state index in [-0.39, 0.29) is 11.0 Å². The van der Waals surface area contributed by atoms with Gasteiger partial charge in [0.25, 0.3) is 0 Å². The number of halogens is 1. The van der Waals surface area contributed by atoms with Crippen LogP contribution in [0.25, 0.3) is 11.0 Å². The second-order valence-corrected chi connectivity index (χ2v) is 4.89. The highest BCUT2D eigenvalue weighted by atomic mass is 35.5. The third-order valence-electron chi connectivity index (χ3n) is 3.03. The summed E-state index contributed by atoms with van der Waals surface area (Å²) in [5.74, 6) is 0. The zero-order valence-corrected chi connectivity index (χ0v) is 11.6. The van der Waals surface area contributed by atoms with E-state index in [1.165, 1.54) is 18.5 Å². The topological polar surface area (TPSA) is 56.3 Å². The fourth-order valence-electron chi connectivity index (χ4n) is 1.98. The van der Waals surface area contributed by atoms with Gasteiger partial charge in [-0.25, -0.2) is 0 Å². The molecule has 2 aromatic carbocycles. The van der Waals surface area contributed by atoms with Gasteiger partial charge in [-0.2, -0.15) is 4.74 Å². The summed E-state index contributed by atoms with van der Waals surface area (Å²) in [6.07, 6.45) is 2.47. The van der Waals surface area contributed by atoms with Crippen LogP contribution in [-0.4, -0.2) is 11.0 Å². The molecule has 3 aromatic rings. The Kier molecular flexibility index (Phi) is 3.46. The Morgan fingerprint density at radius 1 is 1.14 bits per heavy atom. The predicted octanol–water partition coefficient (Wildman–Crippen LogP) is 3.71.